The molecule has 0 bridgehead atoms. The zero-order valence-electron chi connectivity index (χ0n) is 11.7. The van der Waals surface area contributed by atoms with Crippen molar-refractivity contribution in [3.8, 4) is 0 Å². The zero-order valence-corrected chi connectivity index (χ0v) is 13.2. The number of nitrogens with two attached hydrogens (primary N) is 1. The molecule has 1 unspecified atom stereocenters. The summed E-state index contributed by atoms with van der Waals surface area (Å²) in [6, 6.07) is 5.28. The first kappa shape index (κ1) is 16.5. The van der Waals surface area contributed by atoms with Crippen LogP contribution in [0.5, 0.6) is 0 Å². The minimum atomic E-state index is -1.07. The summed E-state index contributed by atoms with van der Waals surface area (Å²) in [5.41, 5.74) is 6.37. The molecule has 1 aromatic carbocycles. The topological polar surface area (TPSA) is 43.1 Å². The van der Waals surface area contributed by atoms with Gasteiger partial charge < -0.3 is 5.73 Å². The van der Waals surface area contributed by atoms with Gasteiger partial charge in [0, 0.05) is 11.4 Å². The first-order valence-electron chi connectivity index (χ1n) is 7.09. The lowest BCUT2D eigenvalue weighted by molar-refractivity contribution is 0.601. The van der Waals surface area contributed by atoms with E-state index in [1.807, 2.05) is 0 Å². The molecule has 0 spiro atoms. The summed E-state index contributed by atoms with van der Waals surface area (Å²) < 4.78 is 12.2. The van der Waals surface area contributed by atoms with Crippen LogP contribution < -0.4 is 5.73 Å². The Morgan fingerprint density at radius 2 is 1.74 bits per heavy atom. The van der Waals surface area contributed by atoms with E-state index in [0.29, 0.717) is 21.4 Å². The maximum Gasteiger partial charge on any atom is 0.0803 e. The monoisotopic (exact) mass is 301 g/mol. The zero-order chi connectivity index (χ0) is 14.1. The Morgan fingerprint density at radius 3 is 2.37 bits per heavy atom. The third-order valence-corrected chi connectivity index (χ3v) is 5.16. The van der Waals surface area contributed by atoms with Gasteiger partial charge in [-0.15, -0.1) is 0 Å². The van der Waals surface area contributed by atoms with Crippen LogP contribution in [-0.4, -0.2) is 9.96 Å². The Balaban J connectivity index is 2.28. The van der Waals surface area contributed by atoms with E-state index < -0.39 is 10.8 Å². The van der Waals surface area contributed by atoms with Crippen molar-refractivity contribution in [3.63, 3.8) is 0 Å². The second-order valence-electron chi connectivity index (χ2n) is 4.83. The van der Waals surface area contributed by atoms with E-state index >= 15 is 0 Å². The summed E-state index contributed by atoms with van der Waals surface area (Å²) in [6.45, 7) is 2.22. The molecule has 0 aliphatic carbocycles. The molecule has 0 aliphatic heterocycles. The SMILES string of the molecule is CCCCCCCCCS(=O)c1c(N)cccc1Cl. The lowest BCUT2D eigenvalue weighted by atomic mass is 10.1. The molecule has 2 N–H and O–H groups in total. The molecule has 2 nitrogen and oxygen atoms in total. The summed E-state index contributed by atoms with van der Waals surface area (Å²) in [5, 5.41) is 0.515. The van der Waals surface area contributed by atoms with Gasteiger partial charge in [0.2, 0.25) is 0 Å². The van der Waals surface area contributed by atoms with Gasteiger partial charge in [-0.2, -0.15) is 0 Å². The van der Waals surface area contributed by atoms with Crippen molar-refractivity contribution in [2.24, 2.45) is 0 Å². The fourth-order valence-electron chi connectivity index (χ4n) is 2.06. The normalized spacial score (nSPS) is 12.5. The number of unbranched alkanes of at least 4 members (excludes halogenated alkanes) is 6. The van der Waals surface area contributed by atoms with Crippen molar-refractivity contribution in [1.82, 2.24) is 0 Å². The van der Waals surface area contributed by atoms with Gasteiger partial charge in [-0.25, -0.2) is 0 Å². The van der Waals surface area contributed by atoms with Gasteiger partial charge >= 0.3 is 0 Å². The molecule has 0 aromatic heterocycles. The molecular weight excluding hydrogens is 278 g/mol. The Bertz CT molecular complexity index is 389. The lowest BCUT2D eigenvalue weighted by Gasteiger charge is -2.07. The van der Waals surface area contributed by atoms with Crippen molar-refractivity contribution in [2.45, 2.75) is 56.8 Å². The number of halogens is 1. The summed E-state index contributed by atoms with van der Waals surface area (Å²) >= 11 is 6.05. The Labute approximate surface area is 124 Å². The highest BCUT2D eigenvalue weighted by Crippen LogP contribution is 2.26. The minimum absolute atomic E-state index is 0.515. The lowest BCUT2D eigenvalue weighted by Crippen LogP contribution is -2.03. The molecule has 0 heterocycles. The van der Waals surface area contributed by atoms with Gasteiger partial charge in [0.15, 0.2) is 0 Å². The van der Waals surface area contributed by atoms with Gasteiger partial charge in [-0.3, -0.25) is 4.21 Å². The first-order chi connectivity index (χ1) is 9.16. The van der Waals surface area contributed by atoms with Crippen LogP contribution in [0.2, 0.25) is 5.02 Å². The van der Waals surface area contributed by atoms with Crippen LogP contribution >= 0.6 is 11.6 Å². The maximum absolute atomic E-state index is 12.2. The molecule has 0 radical (unpaired) electrons. The predicted octanol–water partition coefficient (Wildman–Crippen LogP) is 4.78. The maximum atomic E-state index is 12.2. The molecule has 108 valence electrons. The van der Waals surface area contributed by atoms with Gasteiger partial charge in [0.1, 0.15) is 0 Å². The molecule has 1 rings (SSSR count). The smallest absolute Gasteiger partial charge is 0.0803 e. The van der Waals surface area contributed by atoms with Crippen LogP contribution in [0.3, 0.4) is 0 Å². The van der Waals surface area contributed by atoms with E-state index in [1.165, 1.54) is 32.1 Å². The Kier molecular flexibility index (Phi) is 8.15. The van der Waals surface area contributed by atoms with E-state index in [4.69, 9.17) is 17.3 Å². The van der Waals surface area contributed by atoms with E-state index in [2.05, 4.69) is 6.92 Å². The molecule has 0 amide bonds. The number of benzene rings is 1. The van der Waals surface area contributed by atoms with Crippen LogP contribution in [0.15, 0.2) is 23.1 Å². The van der Waals surface area contributed by atoms with Crippen molar-refractivity contribution >= 4 is 28.1 Å². The quantitative estimate of drug-likeness (QED) is 0.527. The number of hydrogen-bond acceptors (Lipinski definition) is 2. The summed E-state index contributed by atoms with van der Waals surface area (Å²) in [6.07, 6.45) is 8.54. The van der Waals surface area contributed by atoms with Crippen LogP contribution in [0.4, 0.5) is 5.69 Å². The molecule has 0 saturated carbocycles. The standard InChI is InChI=1S/C15H24ClNOS/c1-2-3-4-5-6-7-8-12-19(18)15-13(16)10-9-11-14(15)17/h9-11H,2-8,12,17H2,1H3. The number of rotatable bonds is 9. The van der Waals surface area contributed by atoms with Gasteiger partial charge in [0.25, 0.3) is 0 Å². The van der Waals surface area contributed by atoms with Crippen LogP contribution in [0, 0.1) is 0 Å². The Hall–Kier alpha value is -0.540. The van der Waals surface area contributed by atoms with Crippen LogP contribution in [0.1, 0.15) is 51.9 Å². The molecule has 1 atom stereocenters. The third-order valence-electron chi connectivity index (χ3n) is 3.16. The molecule has 19 heavy (non-hydrogen) atoms. The predicted molar refractivity (Wildman–Crippen MR) is 85.1 cm³/mol. The average Bonchev–Trinajstić information content (AvgIpc) is 2.37. The fourth-order valence-corrected chi connectivity index (χ4v) is 3.78. The van der Waals surface area contributed by atoms with E-state index in [1.54, 1.807) is 18.2 Å². The second-order valence-corrected chi connectivity index (χ2v) is 6.74. The van der Waals surface area contributed by atoms with Gasteiger partial charge in [-0.1, -0.05) is 63.1 Å². The van der Waals surface area contributed by atoms with E-state index in [0.717, 1.165) is 12.8 Å². The van der Waals surface area contributed by atoms with Crippen molar-refractivity contribution in [1.29, 1.82) is 0 Å². The van der Waals surface area contributed by atoms with Crippen LogP contribution in [0.25, 0.3) is 0 Å². The molecule has 0 saturated heterocycles. The highest BCUT2D eigenvalue weighted by atomic mass is 35.5. The van der Waals surface area contributed by atoms with E-state index in [-0.39, 0.29) is 0 Å². The van der Waals surface area contributed by atoms with Gasteiger partial charge in [-0.05, 0) is 18.6 Å². The summed E-state index contributed by atoms with van der Waals surface area (Å²) in [4.78, 5) is 0.607. The number of anilines is 1. The minimum Gasteiger partial charge on any atom is -0.398 e. The fraction of sp³-hybridized carbons (Fsp3) is 0.600. The van der Waals surface area contributed by atoms with E-state index in [9.17, 15) is 4.21 Å². The number of hydrogen-bond donors (Lipinski definition) is 1. The molecule has 4 heteroatoms. The Morgan fingerprint density at radius 1 is 1.11 bits per heavy atom. The number of nitrogen functional groups attached to an aromatic ring is 1. The van der Waals surface area contributed by atoms with Crippen molar-refractivity contribution in [3.05, 3.63) is 23.2 Å². The van der Waals surface area contributed by atoms with Crippen LogP contribution in [-0.2, 0) is 10.8 Å². The van der Waals surface area contributed by atoms with Gasteiger partial charge in [0.05, 0.1) is 20.7 Å². The molecule has 1 aromatic rings. The molecule has 0 fully saturated rings. The molecular formula is C15H24ClNOS. The van der Waals surface area contributed by atoms with Crippen molar-refractivity contribution < 1.29 is 4.21 Å². The highest BCUT2D eigenvalue weighted by molar-refractivity contribution is 7.85. The largest absolute Gasteiger partial charge is 0.398 e. The van der Waals surface area contributed by atoms with Crippen molar-refractivity contribution in [2.75, 3.05) is 11.5 Å². The average molecular weight is 302 g/mol. The highest BCUT2D eigenvalue weighted by Gasteiger charge is 2.11. The molecule has 0 aliphatic rings. The first-order valence-corrected chi connectivity index (χ1v) is 8.79. The third kappa shape index (κ3) is 5.96. The summed E-state index contributed by atoms with van der Waals surface area (Å²) in [5.74, 6) is 0.654. The second kappa shape index (κ2) is 9.38. The summed E-state index contributed by atoms with van der Waals surface area (Å²) in [7, 11) is -1.07.